The highest BCUT2D eigenvalue weighted by molar-refractivity contribution is 5.85. The molecule has 0 saturated heterocycles. The lowest BCUT2D eigenvalue weighted by atomic mass is 10.1. The topological polar surface area (TPSA) is 71.4 Å². The van der Waals surface area contributed by atoms with E-state index in [-0.39, 0.29) is 5.82 Å². The van der Waals surface area contributed by atoms with Gasteiger partial charge in [-0.25, -0.2) is 19.3 Å². The maximum absolute atomic E-state index is 14.4. The molecule has 0 amide bonds. The molecule has 150 valence electrons. The van der Waals surface area contributed by atoms with Crippen molar-refractivity contribution < 1.29 is 4.39 Å². The van der Waals surface area contributed by atoms with Crippen LogP contribution in [0, 0.1) is 19.7 Å². The van der Waals surface area contributed by atoms with Gasteiger partial charge in [0.25, 0.3) is 0 Å². The Morgan fingerprint density at radius 3 is 2.83 bits per heavy atom. The minimum Gasteiger partial charge on any atom is -0.368 e. The molecule has 0 atom stereocenters. The van der Waals surface area contributed by atoms with E-state index < -0.39 is 0 Å². The monoisotopic (exact) mass is 400 g/mol. The Bertz CT molecular complexity index is 1370. The van der Waals surface area contributed by atoms with Crippen molar-refractivity contribution >= 4 is 27.8 Å². The van der Waals surface area contributed by atoms with E-state index in [0.29, 0.717) is 18.6 Å². The van der Waals surface area contributed by atoms with Crippen LogP contribution in [0.2, 0.25) is 0 Å². The predicted molar refractivity (Wildman–Crippen MR) is 117 cm³/mol. The molecule has 0 aliphatic heterocycles. The van der Waals surface area contributed by atoms with E-state index in [2.05, 4.69) is 25.3 Å². The van der Waals surface area contributed by atoms with Gasteiger partial charge in [-0.2, -0.15) is 0 Å². The molecular formula is C23H21FN6. The number of aryl methyl sites for hydroxylation is 2. The summed E-state index contributed by atoms with van der Waals surface area (Å²) < 4.78 is 16.5. The zero-order valence-electron chi connectivity index (χ0n) is 16.8. The minimum absolute atomic E-state index is 0.193. The highest BCUT2D eigenvalue weighted by Gasteiger charge is 2.12. The van der Waals surface area contributed by atoms with Gasteiger partial charge in [0.2, 0.25) is 0 Å². The lowest BCUT2D eigenvalue weighted by Gasteiger charge is -2.11. The van der Waals surface area contributed by atoms with Crippen molar-refractivity contribution in [3.63, 3.8) is 0 Å². The van der Waals surface area contributed by atoms with E-state index >= 15 is 0 Å². The fourth-order valence-corrected chi connectivity index (χ4v) is 3.89. The average molecular weight is 400 g/mol. The van der Waals surface area contributed by atoms with E-state index in [9.17, 15) is 4.39 Å². The number of nitrogens with one attached hydrogen (secondary N) is 2. The van der Waals surface area contributed by atoms with E-state index in [1.165, 1.54) is 6.07 Å². The number of imidazole rings is 1. The summed E-state index contributed by atoms with van der Waals surface area (Å²) >= 11 is 0. The van der Waals surface area contributed by atoms with Gasteiger partial charge in [-0.05, 0) is 43.7 Å². The second-order valence-electron chi connectivity index (χ2n) is 7.41. The van der Waals surface area contributed by atoms with Crippen molar-refractivity contribution in [1.82, 2.24) is 24.5 Å². The second-order valence-corrected chi connectivity index (χ2v) is 7.41. The summed E-state index contributed by atoms with van der Waals surface area (Å²) in [4.78, 5) is 16.1. The van der Waals surface area contributed by atoms with Crippen molar-refractivity contribution in [3.8, 4) is 11.3 Å². The van der Waals surface area contributed by atoms with Gasteiger partial charge >= 0.3 is 0 Å². The third kappa shape index (κ3) is 3.18. The predicted octanol–water partition coefficient (Wildman–Crippen LogP) is 4.84. The Kier molecular flexibility index (Phi) is 4.43. The number of aromatic amines is 1. The average Bonchev–Trinajstić information content (AvgIpc) is 3.35. The van der Waals surface area contributed by atoms with Gasteiger partial charge in [0.05, 0.1) is 28.6 Å². The molecule has 5 aromatic rings. The molecule has 0 radical (unpaired) electrons. The summed E-state index contributed by atoms with van der Waals surface area (Å²) in [6.07, 6.45) is 3.23. The molecule has 0 saturated carbocycles. The molecule has 0 fully saturated rings. The largest absolute Gasteiger partial charge is 0.368 e. The third-order valence-corrected chi connectivity index (χ3v) is 5.46. The molecule has 0 aliphatic rings. The van der Waals surface area contributed by atoms with E-state index in [0.717, 1.165) is 44.8 Å². The molecule has 6 nitrogen and oxygen atoms in total. The van der Waals surface area contributed by atoms with E-state index in [1.807, 2.05) is 54.8 Å². The van der Waals surface area contributed by atoms with Crippen LogP contribution in [0.25, 0.3) is 33.2 Å². The number of aromatic nitrogens is 5. The number of nitrogens with zero attached hydrogens (tertiary/aromatic N) is 4. The number of anilines is 1. The molecule has 2 aromatic carbocycles. The van der Waals surface area contributed by atoms with Gasteiger partial charge in [-0.3, -0.25) is 0 Å². The van der Waals surface area contributed by atoms with Gasteiger partial charge in [0.1, 0.15) is 18.0 Å². The van der Waals surface area contributed by atoms with Gasteiger partial charge in [-0.1, -0.05) is 12.1 Å². The number of H-pyrrole nitrogens is 1. The first-order valence-electron chi connectivity index (χ1n) is 9.84. The third-order valence-electron chi connectivity index (χ3n) is 5.46. The molecule has 3 aromatic heterocycles. The number of rotatable bonds is 5. The van der Waals surface area contributed by atoms with E-state index in [1.54, 1.807) is 12.7 Å². The Hall–Kier alpha value is -3.74. The summed E-state index contributed by atoms with van der Waals surface area (Å²) in [6, 6.07) is 13.3. The van der Waals surface area contributed by atoms with Crippen LogP contribution in [0.1, 0.15) is 11.3 Å². The van der Waals surface area contributed by atoms with Crippen LogP contribution in [0.15, 0.2) is 55.1 Å². The molecule has 0 bridgehead atoms. The quantitative estimate of drug-likeness (QED) is 0.443. The molecule has 30 heavy (non-hydrogen) atoms. The van der Waals surface area contributed by atoms with Gasteiger partial charge in [0, 0.05) is 35.8 Å². The normalized spacial score (nSPS) is 11.4. The van der Waals surface area contributed by atoms with Crippen LogP contribution in [0.3, 0.4) is 0 Å². The first kappa shape index (κ1) is 18.3. The van der Waals surface area contributed by atoms with Crippen molar-refractivity contribution in [2.45, 2.75) is 20.4 Å². The van der Waals surface area contributed by atoms with Crippen LogP contribution in [0.5, 0.6) is 0 Å². The van der Waals surface area contributed by atoms with Crippen molar-refractivity contribution in [2.75, 3.05) is 11.9 Å². The van der Waals surface area contributed by atoms with Gasteiger partial charge in [0.15, 0.2) is 0 Å². The molecule has 2 N–H and O–H groups in total. The van der Waals surface area contributed by atoms with Crippen molar-refractivity contribution in [1.29, 1.82) is 0 Å². The van der Waals surface area contributed by atoms with Crippen LogP contribution < -0.4 is 5.32 Å². The van der Waals surface area contributed by atoms with Gasteiger partial charge in [-0.15, -0.1) is 0 Å². The number of fused-ring (bicyclic) bond motifs is 2. The minimum atomic E-state index is -0.193. The van der Waals surface area contributed by atoms with Crippen LogP contribution in [-0.2, 0) is 6.54 Å². The number of benzene rings is 2. The standard InChI is InChI=1S/C23H21FN6/c1-14-3-5-18(24)23-17(14)9-15(2)30(23)8-7-25-22-11-20(27-13-29-22)16-4-6-19-21(10-16)28-12-26-19/h3-6,9-13H,7-8H2,1-2H3,(H,26,28)(H,25,27,29). The molecule has 0 aliphatic carbocycles. The molecule has 0 unspecified atom stereocenters. The maximum Gasteiger partial charge on any atom is 0.147 e. The number of hydrogen-bond acceptors (Lipinski definition) is 4. The Balaban J connectivity index is 1.35. The summed E-state index contributed by atoms with van der Waals surface area (Å²) in [6.45, 7) is 5.26. The first-order chi connectivity index (χ1) is 14.6. The smallest absolute Gasteiger partial charge is 0.147 e. The van der Waals surface area contributed by atoms with Crippen LogP contribution in [-0.4, -0.2) is 31.0 Å². The zero-order valence-corrected chi connectivity index (χ0v) is 16.8. The highest BCUT2D eigenvalue weighted by atomic mass is 19.1. The molecule has 5 rings (SSSR count). The molecular weight excluding hydrogens is 379 g/mol. The van der Waals surface area contributed by atoms with Crippen molar-refractivity contribution in [3.05, 3.63) is 72.2 Å². The van der Waals surface area contributed by atoms with E-state index in [4.69, 9.17) is 0 Å². The lowest BCUT2D eigenvalue weighted by Crippen LogP contribution is -2.13. The molecule has 3 heterocycles. The maximum atomic E-state index is 14.4. The summed E-state index contributed by atoms with van der Waals surface area (Å²) in [5, 5.41) is 4.30. The number of hydrogen-bond donors (Lipinski definition) is 2. The molecule has 7 heteroatoms. The fraction of sp³-hybridized carbons (Fsp3) is 0.174. The lowest BCUT2D eigenvalue weighted by molar-refractivity contribution is 0.621. The Morgan fingerprint density at radius 1 is 1.03 bits per heavy atom. The second kappa shape index (κ2) is 7.26. The molecule has 0 spiro atoms. The Labute approximate surface area is 172 Å². The summed E-state index contributed by atoms with van der Waals surface area (Å²) in [5.41, 5.74) is 6.46. The Morgan fingerprint density at radius 2 is 1.93 bits per heavy atom. The number of halogens is 1. The van der Waals surface area contributed by atoms with Gasteiger partial charge < -0.3 is 14.9 Å². The summed E-state index contributed by atoms with van der Waals surface area (Å²) in [7, 11) is 0. The SMILES string of the molecule is Cc1ccc(F)c2c1cc(C)n2CCNc1cc(-c2ccc3[nH]cnc3c2)ncn1. The van der Waals surface area contributed by atoms with Crippen LogP contribution >= 0.6 is 0 Å². The van der Waals surface area contributed by atoms with Crippen molar-refractivity contribution in [2.24, 2.45) is 0 Å². The summed E-state index contributed by atoms with van der Waals surface area (Å²) in [5.74, 6) is 0.537. The highest BCUT2D eigenvalue weighted by Crippen LogP contribution is 2.26. The zero-order chi connectivity index (χ0) is 20.7. The fourth-order valence-electron chi connectivity index (χ4n) is 3.89. The van der Waals surface area contributed by atoms with Crippen LogP contribution in [0.4, 0.5) is 10.2 Å². The first-order valence-corrected chi connectivity index (χ1v) is 9.84.